The van der Waals surface area contributed by atoms with Gasteiger partial charge in [0.2, 0.25) is 5.91 Å². The minimum atomic E-state index is -0.749. The minimum Gasteiger partial charge on any atom is -0.394 e. The van der Waals surface area contributed by atoms with Gasteiger partial charge in [-0.15, -0.1) is 0 Å². The first-order valence-electron chi connectivity index (χ1n) is 35.5. The average Bonchev–Trinajstić information content (AvgIpc) is 3.42. The van der Waals surface area contributed by atoms with E-state index in [1.807, 2.05) is 0 Å². The fraction of sp³-hybridized carbons (Fsp3) is 0.958. The van der Waals surface area contributed by atoms with E-state index in [-0.39, 0.29) is 18.9 Å². The Labute approximate surface area is 478 Å². The highest BCUT2D eigenvalue weighted by atomic mass is 16.3. The number of unbranched alkanes of at least 4 members (excludes halogenated alkanes) is 56. The molecule has 0 aliphatic heterocycles. The molecule has 0 fully saturated rings. The number of aliphatic hydroxyl groups excluding tert-OH is 3. The summed E-state index contributed by atoms with van der Waals surface area (Å²) >= 11 is 0. The smallest absolute Gasteiger partial charge is 0.222 e. The third kappa shape index (κ3) is 62.3. The molecule has 0 heterocycles. The van der Waals surface area contributed by atoms with Gasteiger partial charge in [0.15, 0.2) is 0 Å². The van der Waals surface area contributed by atoms with E-state index in [0.29, 0.717) is 12.8 Å². The van der Waals surface area contributed by atoms with Crippen LogP contribution in [-0.4, -0.2) is 46.1 Å². The molecule has 454 valence electrons. The molecule has 76 heavy (non-hydrogen) atoms. The van der Waals surface area contributed by atoms with Crippen molar-refractivity contribution in [3.05, 3.63) is 12.2 Å². The van der Waals surface area contributed by atoms with Crippen LogP contribution in [0.2, 0.25) is 0 Å². The van der Waals surface area contributed by atoms with E-state index in [2.05, 4.69) is 31.3 Å². The van der Waals surface area contributed by atoms with E-state index in [4.69, 9.17) is 0 Å². The van der Waals surface area contributed by atoms with Crippen LogP contribution in [0.25, 0.3) is 0 Å². The van der Waals surface area contributed by atoms with Crippen LogP contribution < -0.4 is 5.32 Å². The highest BCUT2D eigenvalue weighted by Gasteiger charge is 2.21. The summed E-state index contributed by atoms with van der Waals surface area (Å²) in [7, 11) is 0. The van der Waals surface area contributed by atoms with Crippen molar-refractivity contribution in [2.75, 3.05) is 6.61 Å². The molecule has 0 saturated carbocycles. The van der Waals surface area contributed by atoms with Gasteiger partial charge in [0.25, 0.3) is 0 Å². The normalized spacial score (nSPS) is 13.1. The SMILES string of the molecule is CCCCCCCCCCCCCCCCCCCC/C=C\CCCCCCCCCCCCCCCCCC(O)CC(=O)NC(CO)C(O)CCCCCCCCCCCCCCCCCCCCCCCCCC. The van der Waals surface area contributed by atoms with E-state index >= 15 is 0 Å². The van der Waals surface area contributed by atoms with Crippen LogP contribution in [0, 0.1) is 0 Å². The van der Waals surface area contributed by atoms with Gasteiger partial charge in [-0.05, 0) is 38.5 Å². The zero-order valence-electron chi connectivity index (χ0n) is 52.2. The van der Waals surface area contributed by atoms with Crippen LogP contribution in [0.3, 0.4) is 0 Å². The molecule has 0 aliphatic rings. The van der Waals surface area contributed by atoms with Gasteiger partial charge in [0.1, 0.15) is 0 Å². The van der Waals surface area contributed by atoms with Crippen LogP contribution in [0.15, 0.2) is 12.2 Å². The Morgan fingerprint density at radius 1 is 0.316 bits per heavy atom. The predicted octanol–water partition coefficient (Wildman–Crippen LogP) is 23.0. The summed E-state index contributed by atoms with van der Waals surface area (Å²) in [6.45, 7) is 4.32. The molecule has 0 bridgehead atoms. The summed E-state index contributed by atoms with van der Waals surface area (Å²) in [4.78, 5) is 12.6. The van der Waals surface area contributed by atoms with Crippen molar-refractivity contribution in [1.82, 2.24) is 5.32 Å². The van der Waals surface area contributed by atoms with E-state index in [0.717, 1.165) is 25.7 Å². The summed E-state index contributed by atoms with van der Waals surface area (Å²) in [5, 5.41) is 33.8. The summed E-state index contributed by atoms with van der Waals surface area (Å²) < 4.78 is 0. The number of rotatable bonds is 67. The van der Waals surface area contributed by atoms with Crippen LogP contribution >= 0.6 is 0 Å². The summed E-state index contributed by atoms with van der Waals surface area (Å²) in [6, 6.07) is -0.657. The van der Waals surface area contributed by atoms with Crippen molar-refractivity contribution < 1.29 is 20.1 Å². The van der Waals surface area contributed by atoms with Crippen LogP contribution in [0.4, 0.5) is 0 Å². The van der Waals surface area contributed by atoms with Gasteiger partial charge in [-0.1, -0.05) is 379 Å². The molecule has 5 heteroatoms. The first-order valence-corrected chi connectivity index (χ1v) is 35.5. The molecule has 0 saturated heterocycles. The zero-order chi connectivity index (χ0) is 55.0. The van der Waals surface area contributed by atoms with Crippen molar-refractivity contribution in [2.45, 2.75) is 430 Å². The monoisotopic (exact) mass is 1070 g/mol. The van der Waals surface area contributed by atoms with Crippen molar-refractivity contribution >= 4 is 5.91 Å². The molecule has 0 rings (SSSR count). The standard InChI is InChI=1S/C71H141NO4/c1-3-5-7-9-11-13-15-17-19-21-23-25-27-29-30-31-32-33-34-35-36-37-38-39-40-41-42-44-46-48-50-52-54-56-58-60-62-64-68(74)66-71(76)72-69(67-73)70(75)65-63-61-59-57-55-53-51-49-47-45-43-28-26-24-22-20-18-16-14-12-10-8-6-4-2/h35-36,68-70,73-75H,3-34,37-67H2,1-2H3,(H,72,76)/b36-35-. The first-order chi connectivity index (χ1) is 37.5. The summed E-state index contributed by atoms with van der Waals surface area (Å²) in [6.07, 6.45) is 85.9. The van der Waals surface area contributed by atoms with Gasteiger partial charge in [0, 0.05) is 0 Å². The fourth-order valence-corrected chi connectivity index (χ4v) is 11.7. The maximum Gasteiger partial charge on any atom is 0.222 e. The van der Waals surface area contributed by atoms with Gasteiger partial charge < -0.3 is 20.6 Å². The molecule has 0 spiro atoms. The van der Waals surface area contributed by atoms with Gasteiger partial charge in [-0.2, -0.15) is 0 Å². The summed E-state index contributed by atoms with van der Waals surface area (Å²) in [5.74, 6) is -0.274. The Bertz CT molecular complexity index is 1100. The van der Waals surface area contributed by atoms with Gasteiger partial charge in [-0.3, -0.25) is 4.79 Å². The van der Waals surface area contributed by atoms with Crippen molar-refractivity contribution in [2.24, 2.45) is 0 Å². The maximum atomic E-state index is 12.6. The number of allylic oxidation sites excluding steroid dienone is 2. The van der Waals surface area contributed by atoms with Gasteiger partial charge >= 0.3 is 0 Å². The van der Waals surface area contributed by atoms with Crippen molar-refractivity contribution in [3.63, 3.8) is 0 Å². The van der Waals surface area contributed by atoms with E-state index in [1.54, 1.807) is 0 Å². The minimum absolute atomic E-state index is 0.0417. The molecule has 4 N–H and O–H groups in total. The second-order valence-corrected chi connectivity index (χ2v) is 24.9. The Kier molecular flexibility index (Phi) is 65.8. The molecule has 0 aliphatic carbocycles. The molecular weight excluding hydrogens is 931 g/mol. The molecule has 0 aromatic carbocycles. The highest BCUT2D eigenvalue weighted by Crippen LogP contribution is 2.20. The van der Waals surface area contributed by atoms with Gasteiger partial charge in [0.05, 0.1) is 31.3 Å². The third-order valence-electron chi connectivity index (χ3n) is 17.1. The molecule has 0 aromatic rings. The highest BCUT2D eigenvalue weighted by molar-refractivity contribution is 5.76. The van der Waals surface area contributed by atoms with Gasteiger partial charge in [-0.25, -0.2) is 0 Å². The number of carbonyl (C=O) groups excluding carboxylic acids is 1. The number of amides is 1. The van der Waals surface area contributed by atoms with Crippen LogP contribution in [0.5, 0.6) is 0 Å². The fourth-order valence-electron chi connectivity index (χ4n) is 11.7. The topological polar surface area (TPSA) is 89.8 Å². The summed E-state index contributed by atoms with van der Waals surface area (Å²) in [5.41, 5.74) is 0. The van der Waals surface area contributed by atoms with Crippen LogP contribution in [-0.2, 0) is 4.79 Å². The van der Waals surface area contributed by atoms with E-state index in [1.165, 1.54) is 353 Å². The number of aliphatic hydroxyl groups is 3. The molecule has 3 atom stereocenters. The largest absolute Gasteiger partial charge is 0.394 e. The van der Waals surface area contributed by atoms with E-state index < -0.39 is 18.2 Å². The lowest BCUT2D eigenvalue weighted by Crippen LogP contribution is -2.46. The quantitative estimate of drug-likeness (QED) is 0.0361. The van der Waals surface area contributed by atoms with E-state index in [9.17, 15) is 20.1 Å². The lowest BCUT2D eigenvalue weighted by molar-refractivity contribution is -0.125. The lowest BCUT2D eigenvalue weighted by Gasteiger charge is -2.23. The maximum absolute atomic E-state index is 12.6. The van der Waals surface area contributed by atoms with Crippen LogP contribution in [0.1, 0.15) is 412 Å². The number of hydrogen-bond acceptors (Lipinski definition) is 4. The van der Waals surface area contributed by atoms with Crippen molar-refractivity contribution in [3.8, 4) is 0 Å². The number of hydrogen-bond donors (Lipinski definition) is 4. The predicted molar refractivity (Wildman–Crippen MR) is 338 cm³/mol. The second-order valence-electron chi connectivity index (χ2n) is 24.9. The lowest BCUT2D eigenvalue weighted by atomic mass is 10.0. The third-order valence-corrected chi connectivity index (χ3v) is 17.1. The number of carbonyl (C=O) groups is 1. The Morgan fingerprint density at radius 2 is 0.526 bits per heavy atom. The zero-order valence-corrected chi connectivity index (χ0v) is 52.2. The average molecular weight is 1070 g/mol. The Balaban J connectivity index is 3.43. The molecule has 3 unspecified atom stereocenters. The molecule has 1 amide bonds. The molecule has 0 aromatic heterocycles. The molecular formula is C71H141NO4. The van der Waals surface area contributed by atoms with Crippen molar-refractivity contribution in [1.29, 1.82) is 0 Å². The molecule has 5 nitrogen and oxygen atoms in total. The molecule has 0 radical (unpaired) electrons. The Hall–Kier alpha value is -0.910. The number of nitrogens with one attached hydrogen (secondary N) is 1. The second kappa shape index (κ2) is 66.6. The first kappa shape index (κ1) is 75.1. The Morgan fingerprint density at radius 3 is 0.763 bits per heavy atom.